The summed E-state index contributed by atoms with van der Waals surface area (Å²) in [5, 5.41) is 8.61. The Morgan fingerprint density at radius 2 is 1.43 bits per heavy atom. The van der Waals surface area contributed by atoms with Gasteiger partial charge in [-0.15, -0.1) is 0 Å². The minimum atomic E-state index is -0.669. The molecule has 1 aromatic rings. The monoisotopic (exact) mass is 416 g/mol. The average Bonchev–Trinajstić information content (AvgIpc) is 2.75. The molecule has 3 nitrogen and oxygen atoms in total. The summed E-state index contributed by atoms with van der Waals surface area (Å²) in [6.45, 7) is 3.12. The molecule has 30 heavy (non-hydrogen) atoms. The highest BCUT2D eigenvalue weighted by Crippen LogP contribution is 2.37. The smallest absolute Gasteiger partial charge is 0.303 e. The van der Waals surface area contributed by atoms with Gasteiger partial charge < -0.3 is 9.84 Å². The maximum atomic E-state index is 10.4. The van der Waals surface area contributed by atoms with Crippen LogP contribution >= 0.6 is 0 Å². The maximum absolute atomic E-state index is 10.4. The normalized spacial score (nSPS) is 19.0. The summed E-state index contributed by atoms with van der Waals surface area (Å²) < 4.78 is 5.94. The number of ether oxygens (including phenoxy) is 1. The van der Waals surface area contributed by atoms with Crippen molar-refractivity contribution in [1.82, 2.24) is 0 Å². The van der Waals surface area contributed by atoms with Crippen molar-refractivity contribution in [3.8, 4) is 5.75 Å². The lowest BCUT2D eigenvalue weighted by atomic mass is 9.77. The molecule has 0 spiro atoms. The van der Waals surface area contributed by atoms with E-state index in [4.69, 9.17) is 9.84 Å². The van der Waals surface area contributed by atoms with Gasteiger partial charge in [-0.3, -0.25) is 4.79 Å². The minimum Gasteiger partial charge on any atom is -0.494 e. The zero-order valence-corrected chi connectivity index (χ0v) is 19.2. The van der Waals surface area contributed by atoms with Crippen LogP contribution in [-0.4, -0.2) is 17.7 Å². The quantitative estimate of drug-likeness (QED) is 0.277. The summed E-state index contributed by atoms with van der Waals surface area (Å²) >= 11 is 0. The van der Waals surface area contributed by atoms with Crippen molar-refractivity contribution in [2.45, 2.75) is 116 Å². The first-order chi connectivity index (χ1) is 14.7. The van der Waals surface area contributed by atoms with Gasteiger partial charge in [0.25, 0.3) is 0 Å². The van der Waals surface area contributed by atoms with E-state index in [1.165, 1.54) is 82.6 Å². The number of rotatable bonds is 16. The molecular formula is C27H44O3. The standard InChI is InChI=1S/C27H44O3/c1-2-12-23-14-16-24(17-15-23)25-18-20-26(21-19-25)30-22-11-9-7-5-3-4-6-8-10-13-27(28)29/h18-21,23-24H,2-17,22H2,1H3,(H,28,29)/t23-,24-. The highest BCUT2D eigenvalue weighted by atomic mass is 16.5. The van der Waals surface area contributed by atoms with E-state index in [1.54, 1.807) is 0 Å². The second-order valence-corrected chi connectivity index (χ2v) is 9.25. The summed E-state index contributed by atoms with van der Waals surface area (Å²) in [7, 11) is 0. The van der Waals surface area contributed by atoms with Crippen molar-refractivity contribution in [1.29, 1.82) is 0 Å². The molecule has 0 aromatic heterocycles. The molecule has 0 heterocycles. The minimum absolute atomic E-state index is 0.322. The van der Waals surface area contributed by atoms with E-state index >= 15 is 0 Å². The first kappa shape index (κ1) is 24.8. The fraction of sp³-hybridized carbons (Fsp3) is 0.741. The topological polar surface area (TPSA) is 46.5 Å². The molecule has 0 amide bonds. The molecule has 1 saturated carbocycles. The van der Waals surface area contributed by atoms with E-state index in [9.17, 15) is 4.79 Å². The van der Waals surface area contributed by atoms with E-state index in [-0.39, 0.29) is 0 Å². The molecule has 0 unspecified atom stereocenters. The summed E-state index contributed by atoms with van der Waals surface area (Å²) in [4.78, 5) is 10.4. The number of carbonyl (C=O) groups is 1. The third-order valence-electron chi connectivity index (χ3n) is 6.70. The predicted molar refractivity (Wildman–Crippen MR) is 125 cm³/mol. The number of aliphatic carboxylic acids is 1. The van der Waals surface area contributed by atoms with E-state index < -0.39 is 5.97 Å². The van der Waals surface area contributed by atoms with E-state index in [2.05, 4.69) is 31.2 Å². The number of hydrogen-bond donors (Lipinski definition) is 1. The lowest BCUT2D eigenvalue weighted by Gasteiger charge is -2.28. The fourth-order valence-corrected chi connectivity index (χ4v) is 4.83. The Hall–Kier alpha value is -1.51. The number of carboxylic acid groups (broad SMARTS) is 1. The van der Waals surface area contributed by atoms with Crippen LogP contribution in [0.4, 0.5) is 0 Å². The Morgan fingerprint density at radius 1 is 0.867 bits per heavy atom. The molecule has 2 rings (SSSR count). The maximum Gasteiger partial charge on any atom is 0.303 e. The van der Waals surface area contributed by atoms with Gasteiger partial charge >= 0.3 is 5.97 Å². The highest BCUT2D eigenvalue weighted by molar-refractivity contribution is 5.66. The second kappa shape index (κ2) is 15.3. The summed E-state index contributed by atoms with van der Waals surface area (Å²) in [6, 6.07) is 8.91. The van der Waals surface area contributed by atoms with Crippen LogP contribution in [-0.2, 0) is 4.79 Å². The van der Waals surface area contributed by atoms with Gasteiger partial charge in [0.1, 0.15) is 5.75 Å². The van der Waals surface area contributed by atoms with Crippen molar-refractivity contribution < 1.29 is 14.6 Å². The molecular weight excluding hydrogens is 372 g/mol. The lowest BCUT2D eigenvalue weighted by Crippen LogP contribution is -2.13. The van der Waals surface area contributed by atoms with Crippen LogP contribution < -0.4 is 4.74 Å². The van der Waals surface area contributed by atoms with E-state index in [0.29, 0.717) is 6.42 Å². The largest absolute Gasteiger partial charge is 0.494 e. The Kier molecular flexibility index (Phi) is 12.6. The molecule has 1 aromatic carbocycles. The fourth-order valence-electron chi connectivity index (χ4n) is 4.83. The third-order valence-corrected chi connectivity index (χ3v) is 6.70. The zero-order chi connectivity index (χ0) is 21.4. The molecule has 1 fully saturated rings. The van der Waals surface area contributed by atoms with E-state index in [1.807, 2.05) is 0 Å². The number of carboxylic acids is 1. The highest BCUT2D eigenvalue weighted by Gasteiger charge is 2.21. The van der Waals surface area contributed by atoms with Crippen LogP contribution in [0.3, 0.4) is 0 Å². The van der Waals surface area contributed by atoms with Crippen molar-refractivity contribution in [2.75, 3.05) is 6.61 Å². The van der Waals surface area contributed by atoms with Gasteiger partial charge in [-0.25, -0.2) is 0 Å². The molecule has 170 valence electrons. The number of unbranched alkanes of at least 4 members (excludes halogenated alkanes) is 8. The van der Waals surface area contributed by atoms with Crippen molar-refractivity contribution >= 4 is 5.97 Å². The van der Waals surface area contributed by atoms with Gasteiger partial charge in [0.2, 0.25) is 0 Å². The molecule has 1 aliphatic rings. The average molecular weight is 417 g/mol. The van der Waals surface area contributed by atoms with Crippen LogP contribution in [0.5, 0.6) is 5.75 Å². The molecule has 1 aliphatic carbocycles. The first-order valence-electron chi connectivity index (χ1n) is 12.6. The third kappa shape index (κ3) is 10.5. The van der Waals surface area contributed by atoms with Gasteiger partial charge in [-0.2, -0.15) is 0 Å². The molecule has 3 heteroatoms. The summed E-state index contributed by atoms with van der Waals surface area (Å²) in [5.74, 6) is 2.07. The molecule has 0 radical (unpaired) electrons. The molecule has 0 bridgehead atoms. The van der Waals surface area contributed by atoms with Crippen molar-refractivity contribution in [3.63, 3.8) is 0 Å². The summed E-state index contributed by atoms with van der Waals surface area (Å²) in [5.41, 5.74) is 1.50. The van der Waals surface area contributed by atoms with Crippen molar-refractivity contribution in [3.05, 3.63) is 29.8 Å². The van der Waals surface area contributed by atoms with Gasteiger partial charge in [-0.05, 0) is 68.1 Å². The Morgan fingerprint density at radius 3 is 2.00 bits per heavy atom. The van der Waals surface area contributed by atoms with Crippen LogP contribution in [0, 0.1) is 5.92 Å². The lowest BCUT2D eigenvalue weighted by molar-refractivity contribution is -0.137. The van der Waals surface area contributed by atoms with Crippen LogP contribution in [0.15, 0.2) is 24.3 Å². The number of hydrogen-bond acceptors (Lipinski definition) is 2. The number of benzene rings is 1. The van der Waals surface area contributed by atoms with Crippen molar-refractivity contribution in [2.24, 2.45) is 5.92 Å². The molecule has 0 aliphatic heterocycles. The molecule has 0 saturated heterocycles. The SMILES string of the molecule is CCC[C@H]1CC[C@H](c2ccc(OCCCCCCCCCCCC(=O)O)cc2)CC1. The Labute approximate surface area is 184 Å². The second-order valence-electron chi connectivity index (χ2n) is 9.25. The van der Waals surface area contributed by atoms with Gasteiger partial charge in [0.15, 0.2) is 0 Å². The van der Waals surface area contributed by atoms with Gasteiger partial charge in [0.05, 0.1) is 6.61 Å². The Bertz CT molecular complexity index is 558. The van der Waals surface area contributed by atoms with Crippen LogP contribution in [0.1, 0.15) is 121 Å². The zero-order valence-electron chi connectivity index (χ0n) is 19.2. The first-order valence-corrected chi connectivity index (χ1v) is 12.6. The summed E-state index contributed by atoms with van der Waals surface area (Å²) in [6.07, 6.45) is 19.1. The van der Waals surface area contributed by atoms with Gasteiger partial charge in [0, 0.05) is 6.42 Å². The van der Waals surface area contributed by atoms with Crippen LogP contribution in [0.2, 0.25) is 0 Å². The van der Waals surface area contributed by atoms with Gasteiger partial charge in [-0.1, -0.05) is 76.8 Å². The van der Waals surface area contributed by atoms with Crippen LogP contribution in [0.25, 0.3) is 0 Å². The predicted octanol–water partition coefficient (Wildman–Crippen LogP) is 8.12. The van der Waals surface area contributed by atoms with E-state index in [0.717, 1.165) is 43.5 Å². The molecule has 1 N–H and O–H groups in total. The Balaban J connectivity index is 1.46. The molecule has 0 atom stereocenters.